The van der Waals surface area contributed by atoms with Gasteiger partial charge >= 0.3 is 0 Å². The van der Waals surface area contributed by atoms with Gasteiger partial charge in [-0.3, -0.25) is 4.72 Å². The number of rotatable bonds is 5. The van der Waals surface area contributed by atoms with Crippen molar-refractivity contribution in [1.29, 1.82) is 0 Å². The number of anilines is 2. The van der Waals surface area contributed by atoms with Crippen molar-refractivity contribution in [3.63, 3.8) is 0 Å². The molecule has 6 nitrogen and oxygen atoms in total. The Bertz CT molecular complexity index is 1160. The number of piperidine rings is 1. The third-order valence-electron chi connectivity index (χ3n) is 5.63. The monoisotopic (exact) mass is 456 g/mol. The first-order valence-electron chi connectivity index (χ1n) is 10.3. The molecule has 1 aromatic heterocycles. The second-order valence-corrected chi connectivity index (χ2v) is 10.1. The van der Waals surface area contributed by atoms with Crippen molar-refractivity contribution in [2.45, 2.75) is 31.6 Å². The number of sulfonamides is 1. The van der Waals surface area contributed by atoms with Crippen LogP contribution < -0.4 is 9.62 Å². The van der Waals surface area contributed by atoms with Gasteiger partial charge in [-0.05, 0) is 67.6 Å². The summed E-state index contributed by atoms with van der Waals surface area (Å²) < 4.78 is 28.1. The first-order chi connectivity index (χ1) is 14.8. The highest BCUT2D eigenvalue weighted by Gasteiger charge is 2.19. The molecule has 1 aliphatic rings. The largest absolute Gasteiger partial charge is 0.355 e. The number of hydrogen-bond donors (Lipinski definition) is 1. The van der Waals surface area contributed by atoms with Gasteiger partial charge in [-0.1, -0.05) is 36.7 Å². The molecule has 4 rings (SSSR count). The number of benzene rings is 2. The van der Waals surface area contributed by atoms with Crippen LogP contribution in [0.5, 0.6) is 0 Å². The molecule has 0 bridgehead atoms. The lowest BCUT2D eigenvalue weighted by Gasteiger charge is -2.30. The fourth-order valence-corrected chi connectivity index (χ4v) is 5.24. The van der Waals surface area contributed by atoms with Crippen molar-refractivity contribution in [2.75, 3.05) is 22.7 Å². The lowest BCUT2D eigenvalue weighted by Crippen LogP contribution is -2.33. The van der Waals surface area contributed by atoms with E-state index in [4.69, 9.17) is 11.6 Å². The molecule has 2 aromatic carbocycles. The van der Waals surface area contributed by atoms with Crippen molar-refractivity contribution >= 4 is 33.1 Å². The molecule has 1 fully saturated rings. The van der Waals surface area contributed by atoms with Gasteiger partial charge in [0.05, 0.1) is 10.6 Å². The van der Waals surface area contributed by atoms with Crippen LogP contribution in [-0.2, 0) is 10.0 Å². The SMILES string of the molecule is Cc1ccc(Cl)cc1S(=O)(=O)Nc1ccc(-c2ccc(N3CCC(C)CC3)nn2)cc1. The molecule has 0 saturated carbocycles. The van der Waals surface area contributed by atoms with Gasteiger partial charge in [-0.25, -0.2) is 8.42 Å². The highest BCUT2D eigenvalue weighted by atomic mass is 35.5. The number of aryl methyl sites for hydroxylation is 1. The summed E-state index contributed by atoms with van der Waals surface area (Å²) in [6.45, 7) is 6.04. The fourth-order valence-electron chi connectivity index (χ4n) is 3.67. The van der Waals surface area contributed by atoms with Crippen LogP contribution in [0.3, 0.4) is 0 Å². The topological polar surface area (TPSA) is 75.2 Å². The maximum Gasteiger partial charge on any atom is 0.262 e. The average Bonchev–Trinajstić information content (AvgIpc) is 2.76. The molecule has 1 aliphatic heterocycles. The van der Waals surface area contributed by atoms with E-state index < -0.39 is 10.0 Å². The van der Waals surface area contributed by atoms with E-state index in [2.05, 4.69) is 26.7 Å². The Labute approximate surface area is 188 Å². The first-order valence-corrected chi connectivity index (χ1v) is 12.2. The molecular weight excluding hydrogens is 432 g/mol. The van der Waals surface area contributed by atoms with Gasteiger partial charge in [-0.15, -0.1) is 10.2 Å². The lowest BCUT2D eigenvalue weighted by atomic mass is 9.99. The van der Waals surface area contributed by atoms with Gasteiger partial charge in [0.25, 0.3) is 10.0 Å². The van der Waals surface area contributed by atoms with E-state index in [0.717, 1.165) is 36.1 Å². The molecule has 0 radical (unpaired) electrons. The molecule has 162 valence electrons. The van der Waals surface area contributed by atoms with E-state index in [1.54, 1.807) is 31.2 Å². The maximum atomic E-state index is 12.7. The second kappa shape index (κ2) is 8.85. The summed E-state index contributed by atoms with van der Waals surface area (Å²) >= 11 is 5.97. The van der Waals surface area contributed by atoms with E-state index in [-0.39, 0.29) is 4.90 Å². The summed E-state index contributed by atoms with van der Waals surface area (Å²) in [6.07, 6.45) is 2.35. The molecule has 0 amide bonds. The molecule has 3 aromatic rings. The van der Waals surface area contributed by atoms with Gasteiger partial charge in [-0.2, -0.15) is 0 Å². The van der Waals surface area contributed by atoms with E-state index in [1.807, 2.05) is 24.3 Å². The second-order valence-electron chi connectivity index (χ2n) is 8.04. The Balaban J connectivity index is 1.47. The standard InChI is InChI=1S/C23H25ClN4O2S/c1-16-11-13-28(14-12-16)23-10-9-21(25-26-23)18-4-7-20(8-5-18)27-31(29,30)22-15-19(24)6-3-17(22)2/h3-10,15-16,27H,11-14H2,1-2H3. The van der Waals surface area contributed by atoms with Crippen LogP contribution in [0, 0.1) is 12.8 Å². The summed E-state index contributed by atoms with van der Waals surface area (Å²) in [5.41, 5.74) is 2.71. The lowest BCUT2D eigenvalue weighted by molar-refractivity contribution is 0.436. The van der Waals surface area contributed by atoms with Crippen LogP contribution in [-0.4, -0.2) is 31.7 Å². The Hall–Kier alpha value is -2.64. The summed E-state index contributed by atoms with van der Waals surface area (Å²) in [5.74, 6) is 1.67. The zero-order valence-electron chi connectivity index (χ0n) is 17.5. The van der Waals surface area contributed by atoms with E-state index in [0.29, 0.717) is 16.3 Å². The Morgan fingerprint density at radius 1 is 1.00 bits per heavy atom. The van der Waals surface area contributed by atoms with Crippen LogP contribution in [0.1, 0.15) is 25.3 Å². The van der Waals surface area contributed by atoms with Gasteiger partial charge in [0.1, 0.15) is 0 Å². The normalized spacial score (nSPS) is 15.1. The molecule has 31 heavy (non-hydrogen) atoms. The summed E-state index contributed by atoms with van der Waals surface area (Å²) in [5, 5.41) is 9.14. The van der Waals surface area contributed by atoms with Gasteiger partial charge in [0.2, 0.25) is 0 Å². The van der Waals surface area contributed by atoms with Crippen molar-refractivity contribution in [3.05, 3.63) is 65.2 Å². The van der Waals surface area contributed by atoms with Crippen LogP contribution in [0.25, 0.3) is 11.3 Å². The van der Waals surface area contributed by atoms with Crippen molar-refractivity contribution < 1.29 is 8.42 Å². The molecule has 1 saturated heterocycles. The van der Waals surface area contributed by atoms with E-state index >= 15 is 0 Å². The average molecular weight is 457 g/mol. The Morgan fingerprint density at radius 2 is 1.71 bits per heavy atom. The molecule has 0 atom stereocenters. The fraction of sp³-hybridized carbons (Fsp3) is 0.304. The number of nitrogens with zero attached hydrogens (tertiary/aromatic N) is 3. The first kappa shape index (κ1) is 21.6. The van der Waals surface area contributed by atoms with Crippen molar-refractivity contribution in [1.82, 2.24) is 10.2 Å². The number of nitrogens with one attached hydrogen (secondary N) is 1. The minimum Gasteiger partial charge on any atom is -0.355 e. The Morgan fingerprint density at radius 3 is 2.35 bits per heavy atom. The predicted octanol–water partition coefficient (Wildman–Crippen LogP) is 5.14. The molecular formula is C23H25ClN4O2S. The minimum atomic E-state index is -3.73. The minimum absolute atomic E-state index is 0.164. The summed E-state index contributed by atoms with van der Waals surface area (Å²) in [4.78, 5) is 2.43. The number of halogens is 1. The number of hydrogen-bond acceptors (Lipinski definition) is 5. The smallest absolute Gasteiger partial charge is 0.262 e. The third kappa shape index (κ3) is 4.99. The number of aromatic nitrogens is 2. The van der Waals surface area contributed by atoms with Crippen LogP contribution in [0.15, 0.2) is 59.5 Å². The van der Waals surface area contributed by atoms with E-state index in [9.17, 15) is 8.42 Å². The van der Waals surface area contributed by atoms with Crippen LogP contribution >= 0.6 is 11.6 Å². The predicted molar refractivity (Wildman–Crippen MR) is 125 cm³/mol. The maximum absolute atomic E-state index is 12.7. The highest BCUT2D eigenvalue weighted by Crippen LogP contribution is 2.26. The molecule has 1 N–H and O–H groups in total. The van der Waals surface area contributed by atoms with Crippen molar-refractivity contribution in [3.8, 4) is 11.3 Å². The summed E-state index contributed by atoms with van der Waals surface area (Å²) in [7, 11) is -3.73. The highest BCUT2D eigenvalue weighted by molar-refractivity contribution is 7.92. The van der Waals surface area contributed by atoms with Crippen LogP contribution in [0.2, 0.25) is 5.02 Å². The van der Waals surface area contributed by atoms with Gasteiger partial charge < -0.3 is 4.90 Å². The third-order valence-corrected chi connectivity index (χ3v) is 7.39. The van der Waals surface area contributed by atoms with Gasteiger partial charge in [0, 0.05) is 29.4 Å². The molecule has 8 heteroatoms. The molecule has 0 aliphatic carbocycles. The van der Waals surface area contributed by atoms with Gasteiger partial charge in [0.15, 0.2) is 5.82 Å². The summed E-state index contributed by atoms with van der Waals surface area (Å²) in [6, 6.07) is 15.8. The quantitative estimate of drug-likeness (QED) is 0.575. The zero-order valence-corrected chi connectivity index (χ0v) is 19.1. The molecule has 0 spiro atoms. The molecule has 2 heterocycles. The van der Waals surface area contributed by atoms with Crippen LogP contribution in [0.4, 0.5) is 11.5 Å². The molecule has 0 unspecified atom stereocenters. The van der Waals surface area contributed by atoms with E-state index in [1.165, 1.54) is 18.9 Å². The van der Waals surface area contributed by atoms with Crippen molar-refractivity contribution in [2.24, 2.45) is 5.92 Å². The Kier molecular flexibility index (Phi) is 6.16. The zero-order chi connectivity index (χ0) is 22.0.